The lowest BCUT2D eigenvalue weighted by atomic mass is 9.96. The van der Waals surface area contributed by atoms with Crippen molar-refractivity contribution in [2.75, 3.05) is 45.8 Å². The zero-order valence-corrected chi connectivity index (χ0v) is 12.6. The van der Waals surface area contributed by atoms with Crippen LogP contribution < -0.4 is 5.32 Å². The van der Waals surface area contributed by atoms with Gasteiger partial charge in [-0.15, -0.1) is 0 Å². The highest BCUT2D eigenvalue weighted by atomic mass is 15.2. The summed E-state index contributed by atoms with van der Waals surface area (Å²) in [7, 11) is 0. The second-order valence-corrected chi connectivity index (χ2v) is 6.89. The summed E-state index contributed by atoms with van der Waals surface area (Å²) in [5.74, 6) is 1.96. The molecule has 0 spiro atoms. The summed E-state index contributed by atoms with van der Waals surface area (Å²) in [6.07, 6.45) is 7.13. The molecule has 1 atom stereocenters. The first kappa shape index (κ1) is 13.8. The van der Waals surface area contributed by atoms with Gasteiger partial charge in [0.2, 0.25) is 0 Å². The van der Waals surface area contributed by atoms with Crippen molar-refractivity contribution < 1.29 is 0 Å². The fraction of sp³-hybridized carbons (Fsp3) is 1.00. The van der Waals surface area contributed by atoms with Gasteiger partial charge in [-0.05, 0) is 76.7 Å². The highest BCUT2D eigenvalue weighted by Gasteiger charge is 2.33. The van der Waals surface area contributed by atoms with Gasteiger partial charge >= 0.3 is 0 Å². The van der Waals surface area contributed by atoms with Crippen LogP contribution in [0.15, 0.2) is 0 Å². The molecule has 19 heavy (non-hydrogen) atoms. The van der Waals surface area contributed by atoms with Crippen molar-refractivity contribution in [3.63, 3.8) is 0 Å². The summed E-state index contributed by atoms with van der Waals surface area (Å²) < 4.78 is 0. The molecule has 0 bridgehead atoms. The zero-order chi connectivity index (χ0) is 13.1. The Balaban J connectivity index is 1.45. The Hall–Kier alpha value is -0.120. The molecule has 2 heterocycles. The molecule has 3 heteroatoms. The van der Waals surface area contributed by atoms with E-state index in [-0.39, 0.29) is 0 Å². The predicted molar refractivity (Wildman–Crippen MR) is 80.4 cm³/mol. The molecule has 1 N–H and O–H groups in total. The van der Waals surface area contributed by atoms with Gasteiger partial charge in [0.15, 0.2) is 0 Å². The lowest BCUT2D eigenvalue weighted by Gasteiger charge is -2.34. The second-order valence-electron chi connectivity index (χ2n) is 6.89. The number of rotatable bonds is 4. The molecule has 3 fully saturated rings. The van der Waals surface area contributed by atoms with Crippen LogP contribution in [0.2, 0.25) is 0 Å². The average molecular weight is 265 g/mol. The van der Waals surface area contributed by atoms with Crippen LogP contribution in [0.3, 0.4) is 0 Å². The molecule has 0 aromatic rings. The maximum atomic E-state index is 3.78. The van der Waals surface area contributed by atoms with Gasteiger partial charge in [-0.25, -0.2) is 0 Å². The van der Waals surface area contributed by atoms with E-state index in [1.54, 1.807) is 0 Å². The largest absolute Gasteiger partial charge is 0.312 e. The molecule has 0 aromatic heterocycles. The number of piperidine rings is 1. The number of nitrogens with one attached hydrogen (secondary N) is 1. The van der Waals surface area contributed by atoms with Gasteiger partial charge in [0.25, 0.3) is 0 Å². The van der Waals surface area contributed by atoms with E-state index in [4.69, 9.17) is 0 Å². The Kier molecular flexibility index (Phi) is 4.78. The predicted octanol–water partition coefficient (Wildman–Crippen LogP) is 1.79. The van der Waals surface area contributed by atoms with Crippen LogP contribution in [0.4, 0.5) is 0 Å². The molecule has 3 nitrogen and oxygen atoms in total. The SMILES string of the molecule is CCN1CCC(CN2CCCNC(C3CC3)C2)CC1. The van der Waals surface area contributed by atoms with E-state index in [9.17, 15) is 0 Å². The van der Waals surface area contributed by atoms with E-state index in [2.05, 4.69) is 22.0 Å². The summed E-state index contributed by atoms with van der Waals surface area (Å²) in [5, 5.41) is 3.78. The lowest BCUT2D eigenvalue weighted by Crippen LogP contribution is -2.43. The van der Waals surface area contributed by atoms with E-state index in [0.717, 1.165) is 17.9 Å². The average Bonchev–Trinajstić information content (AvgIpc) is 3.26. The summed E-state index contributed by atoms with van der Waals surface area (Å²) in [4.78, 5) is 5.38. The van der Waals surface area contributed by atoms with Crippen molar-refractivity contribution in [1.82, 2.24) is 15.1 Å². The van der Waals surface area contributed by atoms with Crippen molar-refractivity contribution >= 4 is 0 Å². The van der Waals surface area contributed by atoms with E-state index in [0.29, 0.717) is 0 Å². The van der Waals surface area contributed by atoms with Crippen LogP contribution in [0, 0.1) is 11.8 Å². The Morgan fingerprint density at radius 3 is 2.47 bits per heavy atom. The van der Waals surface area contributed by atoms with Gasteiger partial charge < -0.3 is 15.1 Å². The van der Waals surface area contributed by atoms with Crippen molar-refractivity contribution in [1.29, 1.82) is 0 Å². The van der Waals surface area contributed by atoms with Crippen molar-refractivity contribution in [2.24, 2.45) is 11.8 Å². The van der Waals surface area contributed by atoms with E-state index in [1.807, 2.05) is 0 Å². The second kappa shape index (κ2) is 6.55. The van der Waals surface area contributed by atoms with Crippen LogP contribution >= 0.6 is 0 Å². The van der Waals surface area contributed by atoms with Gasteiger partial charge in [0.1, 0.15) is 0 Å². The first-order chi connectivity index (χ1) is 9.35. The van der Waals surface area contributed by atoms with Crippen LogP contribution in [-0.4, -0.2) is 61.7 Å². The normalized spacial score (nSPS) is 32.4. The third-order valence-corrected chi connectivity index (χ3v) is 5.37. The molecular weight excluding hydrogens is 234 g/mol. The smallest absolute Gasteiger partial charge is 0.0223 e. The van der Waals surface area contributed by atoms with Gasteiger partial charge in [-0.1, -0.05) is 6.92 Å². The molecule has 3 aliphatic rings. The molecule has 3 rings (SSSR count). The third kappa shape index (κ3) is 3.93. The fourth-order valence-electron chi connectivity index (χ4n) is 3.85. The van der Waals surface area contributed by atoms with Crippen molar-refractivity contribution in [3.8, 4) is 0 Å². The molecule has 0 radical (unpaired) electrons. The van der Waals surface area contributed by atoms with Crippen molar-refractivity contribution in [3.05, 3.63) is 0 Å². The summed E-state index contributed by atoms with van der Waals surface area (Å²) in [5.41, 5.74) is 0. The molecular formula is C16H31N3. The van der Waals surface area contributed by atoms with Gasteiger partial charge in [0, 0.05) is 19.1 Å². The maximum Gasteiger partial charge on any atom is 0.0223 e. The highest BCUT2D eigenvalue weighted by molar-refractivity contribution is 4.90. The fourth-order valence-corrected chi connectivity index (χ4v) is 3.85. The molecule has 1 unspecified atom stereocenters. The van der Waals surface area contributed by atoms with Crippen LogP contribution in [0.1, 0.15) is 39.0 Å². The quantitative estimate of drug-likeness (QED) is 0.836. The summed E-state index contributed by atoms with van der Waals surface area (Å²) >= 11 is 0. The van der Waals surface area contributed by atoms with Gasteiger partial charge in [0.05, 0.1) is 0 Å². The number of likely N-dealkylation sites (tertiary alicyclic amines) is 1. The molecule has 2 saturated heterocycles. The Morgan fingerprint density at radius 2 is 1.79 bits per heavy atom. The summed E-state index contributed by atoms with van der Waals surface area (Å²) in [6.45, 7) is 11.4. The molecule has 1 aliphatic carbocycles. The number of hydrogen-bond acceptors (Lipinski definition) is 3. The van der Waals surface area contributed by atoms with Crippen LogP contribution in [0.5, 0.6) is 0 Å². The van der Waals surface area contributed by atoms with Gasteiger partial charge in [-0.2, -0.15) is 0 Å². The molecule has 0 aromatic carbocycles. The third-order valence-electron chi connectivity index (χ3n) is 5.37. The minimum Gasteiger partial charge on any atom is -0.312 e. The van der Waals surface area contributed by atoms with E-state index < -0.39 is 0 Å². The minimum atomic E-state index is 0.804. The zero-order valence-electron chi connectivity index (χ0n) is 12.6. The molecule has 0 amide bonds. The number of nitrogens with zero attached hydrogens (tertiary/aromatic N) is 2. The number of hydrogen-bond donors (Lipinski definition) is 1. The maximum absolute atomic E-state index is 3.78. The van der Waals surface area contributed by atoms with Gasteiger partial charge in [-0.3, -0.25) is 0 Å². The van der Waals surface area contributed by atoms with E-state index >= 15 is 0 Å². The molecule has 110 valence electrons. The summed E-state index contributed by atoms with van der Waals surface area (Å²) in [6, 6.07) is 0.804. The molecule has 1 saturated carbocycles. The topological polar surface area (TPSA) is 18.5 Å². The monoisotopic (exact) mass is 265 g/mol. The Labute approximate surface area is 118 Å². The first-order valence-electron chi connectivity index (χ1n) is 8.53. The Bertz CT molecular complexity index is 269. The first-order valence-corrected chi connectivity index (χ1v) is 8.53. The highest BCUT2D eigenvalue weighted by Crippen LogP contribution is 2.33. The lowest BCUT2D eigenvalue weighted by molar-refractivity contribution is 0.144. The van der Waals surface area contributed by atoms with Crippen LogP contribution in [-0.2, 0) is 0 Å². The molecule has 2 aliphatic heterocycles. The Morgan fingerprint density at radius 1 is 1.00 bits per heavy atom. The van der Waals surface area contributed by atoms with Crippen molar-refractivity contribution in [2.45, 2.75) is 45.1 Å². The standard InChI is InChI=1S/C16H31N3/c1-2-18-10-6-14(7-11-18)12-19-9-3-8-17-16(13-19)15-4-5-15/h14-17H,2-13H2,1H3. The minimum absolute atomic E-state index is 0.804. The van der Waals surface area contributed by atoms with E-state index in [1.165, 1.54) is 77.9 Å². The van der Waals surface area contributed by atoms with Crippen LogP contribution in [0.25, 0.3) is 0 Å².